The molecule has 2 amide bonds. The molecular formula is C21H20FN3O2. The first-order chi connectivity index (χ1) is 13.1. The number of nitrogens with zero attached hydrogens (tertiary/aromatic N) is 1. The summed E-state index contributed by atoms with van der Waals surface area (Å²) in [6, 6.07) is 15.6. The van der Waals surface area contributed by atoms with E-state index in [0.717, 1.165) is 16.5 Å². The third kappa shape index (κ3) is 3.84. The monoisotopic (exact) mass is 365 g/mol. The summed E-state index contributed by atoms with van der Waals surface area (Å²) in [5.74, 6) is -0.445. The fourth-order valence-electron chi connectivity index (χ4n) is 3.46. The molecule has 1 saturated heterocycles. The van der Waals surface area contributed by atoms with E-state index in [9.17, 15) is 14.0 Å². The second-order valence-corrected chi connectivity index (χ2v) is 6.86. The lowest BCUT2D eigenvalue weighted by atomic mass is 10.1. The van der Waals surface area contributed by atoms with Gasteiger partial charge in [0.2, 0.25) is 5.91 Å². The molecule has 0 saturated carbocycles. The lowest BCUT2D eigenvalue weighted by molar-refractivity contribution is -0.127. The van der Waals surface area contributed by atoms with Crippen LogP contribution in [0.2, 0.25) is 0 Å². The average molecular weight is 365 g/mol. The molecule has 2 aromatic carbocycles. The van der Waals surface area contributed by atoms with Crippen molar-refractivity contribution in [1.82, 2.24) is 15.2 Å². The van der Waals surface area contributed by atoms with Crippen molar-refractivity contribution in [1.29, 1.82) is 0 Å². The van der Waals surface area contributed by atoms with Crippen LogP contribution in [0.3, 0.4) is 0 Å². The molecule has 0 aliphatic carbocycles. The highest BCUT2D eigenvalue weighted by Gasteiger charge is 2.30. The molecule has 1 aliphatic rings. The van der Waals surface area contributed by atoms with Crippen LogP contribution in [0.4, 0.5) is 4.39 Å². The molecule has 27 heavy (non-hydrogen) atoms. The number of benzene rings is 2. The second-order valence-electron chi connectivity index (χ2n) is 6.86. The van der Waals surface area contributed by atoms with Crippen molar-refractivity contribution in [2.75, 3.05) is 13.1 Å². The van der Waals surface area contributed by atoms with E-state index >= 15 is 0 Å². The molecule has 1 fully saturated rings. The van der Waals surface area contributed by atoms with E-state index < -0.39 is 0 Å². The molecule has 0 unspecified atom stereocenters. The Morgan fingerprint density at radius 1 is 1.19 bits per heavy atom. The van der Waals surface area contributed by atoms with Crippen molar-refractivity contribution in [2.24, 2.45) is 0 Å². The predicted molar refractivity (Wildman–Crippen MR) is 101 cm³/mol. The van der Waals surface area contributed by atoms with Gasteiger partial charge < -0.3 is 15.2 Å². The summed E-state index contributed by atoms with van der Waals surface area (Å²) in [5, 5.41) is 3.92. The van der Waals surface area contributed by atoms with Crippen molar-refractivity contribution in [3.63, 3.8) is 0 Å². The molecule has 0 spiro atoms. The highest BCUT2D eigenvalue weighted by molar-refractivity contribution is 5.98. The van der Waals surface area contributed by atoms with Gasteiger partial charge in [0.05, 0.1) is 6.04 Å². The fraction of sp³-hybridized carbons (Fsp3) is 0.238. The molecule has 2 N–H and O–H groups in total. The molecule has 138 valence electrons. The third-order valence-corrected chi connectivity index (χ3v) is 4.91. The minimum Gasteiger partial charge on any atom is -0.351 e. The number of aromatic amines is 1. The maximum absolute atomic E-state index is 13.0. The van der Waals surface area contributed by atoms with Crippen LogP contribution in [0.25, 0.3) is 10.9 Å². The summed E-state index contributed by atoms with van der Waals surface area (Å²) in [6.45, 7) is 1.05. The Kier molecular flexibility index (Phi) is 4.62. The maximum atomic E-state index is 13.0. The highest BCUT2D eigenvalue weighted by Crippen LogP contribution is 2.16. The second kappa shape index (κ2) is 7.23. The van der Waals surface area contributed by atoms with E-state index in [4.69, 9.17) is 0 Å². The van der Waals surface area contributed by atoms with Crippen molar-refractivity contribution in [3.8, 4) is 0 Å². The summed E-state index contributed by atoms with van der Waals surface area (Å²) in [6.07, 6.45) is 0.962. The fourth-order valence-corrected chi connectivity index (χ4v) is 3.46. The van der Waals surface area contributed by atoms with E-state index in [0.29, 0.717) is 31.6 Å². The molecule has 5 nitrogen and oxygen atoms in total. The van der Waals surface area contributed by atoms with E-state index in [2.05, 4.69) is 10.3 Å². The van der Waals surface area contributed by atoms with Gasteiger partial charge >= 0.3 is 0 Å². The van der Waals surface area contributed by atoms with Gasteiger partial charge in [-0.3, -0.25) is 9.59 Å². The Hall–Kier alpha value is -3.15. The number of H-pyrrole nitrogens is 1. The molecular weight excluding hydrogens is 345 g/mol. The largest absolute Gasteiger partial charge is 0.351 e. The first-order valence-electron chi connectivity index (χ1n) is 8.99. The zero-order valence-corrected chi connectivity index (χ0v) is 14.7. The van der Waals surface area contributed by atoms with Crippen LogP contribution in [0.15, 0.2) is 54.6 Å². The number of carbonyl (C=O) groups excluding carboxylic acids is 2. The molecule has 4 rings (SSSR count). The molecule has 1 atom stereocenters. The van der Waals surface area contributed by atoms with Crippen molar-refractivity contribution < 1.29 is 14.0 Å². The quantitative estimate of drug-likeness (QED) is 0.730. The van der Waals surface area contributed by atoms with Crippen LogP contribution in [0.5, 0.6) is 0 Å². The Morgan fingerprint density at radius 2 is 1.96 bits per heavy atom. The molecule has 1 aliphatic heterocycles. The Morgan fingerprint density at radius 3 is 2.74 bits per heavy atom. The van der Waals surface area contributed by atoms with Crippen LogP contribution >= 0.6 is 0 Å². The van der Waals surface area contributed by atoms with Gasteiger partial charge in [-0.1, -0.05) is 30.3 Å². The van der Waals surface area contributed by atoms with Crippen LogP contribution < -0.4 is 5.32 Å². The number of nitrogens with one attached hydrogen (secondary N) is 2. The van der Waals surface area contributed by atoms with Crippen LogP contribution in [0, 0.1) is 5.82 Å². The molecule has 6 heteroatoms. The van der Waals surface area contributed by atoms with Crippen molar-refractivity contribution in [2.45, 2.75) is 18.9 Å². The SMILES string of the molecule is O=C(N[C@@H]1CC(=O)N(CCc2ccc(F)cc2)C1)c1cc2ccccc2[nH]1. The van der Waals surface area contributed by atoms with E-state index in [1.807, 2.05) is 30.3 Å². The number of fused-ring (bicyclic) bond motifs is 1. The summed E-state index contributed by atoms with van der Waals surface area (Å²) in [7, 11) is 0. The normalized spacial score (nSPS) is 16.9. The van der Waals surface area contributed by atoms with Gasteiger partial charge in [-0.05, 0) is 36.2 Å². The lowest BCUT2D eigenvalue weighted by Crippen LogP contribution is -2.37. The first-order valence-corrected chi connectivity index (χ1v) is 8.99. The van der Waals surface area contributed by atoms with Gasteiger partial charge in [0.15, 0.2) is 0 Å². The number of hydrogen-bond acceptors (Lipinski definition) is 2. The van der Waals surface area contributed by atoms with Gasteiger partial charge in [0.25, 0.3) is 5.91 Å². The van der Waals surface area contributed by atoms with Gasteiger partial charge in [0.1, 0.15) is 11.5 Å². The number of halogens is 1. The predicted octanol–water partition coefficient (Wildman–Crippen LogP) is 2.88. The molecule has 0 bridgehead atoms. The zero-order valence-electron chi connectivity index (χ0n) is 14.7. The minimum atomic E-state index is -0.268. The molecule has 3 aromatic rings. The Bertz CT molecular complexity index is 948. The smallest absolute Gasteiger partial charge is 0.268 e. The number of carbonyl (C=O) groups is 2. The topological polar surface area (TPSA) is 65.2 Å². The lowest BCUT2D eigenvalue weighted by Gasteiger charge is -2.17. The molecule has 0 radical (unpaired) electrons. The van der Waals surface area contributed by atoms with Crippen LogP contribution in [-0.4, -0.2) is 40.8 Å². The van der Waals surface area contributed by atoms with Crippen molar-refractivity contribution in [3.05, 3.63) is 71.7 Å². The summed E-state index contributed by atoms with van der Waals surface area (Å²) < 4.78 is 13.0. The summed E-state index contributed by atoms with van der Waals surface area (Å²) >= 11 is 0. The number of para-hydroxylation sites is 1. The maximum Gasteiger partial charge on any atom is 0.268 e. The highest BCUT2D eigenvalue weighted by atomic mass is 19.1. The number of hydrogen-bond donors (Lipinski definition) is 2. The Labute approximate surface area is 156 Å². The number of likely N-dealkylation sites (tertiary alicyclic amines) is 1. The van der Waals surface area contributed by atoms with E-state index in [-0.39, 0.29) is 23.7 Å². The van der Waals surface area contributed by atoms with Crippen LogP contribution in [0.1, 0.15) is 22.5 Å². The Balaban J connectivity index is 1.34. The molecule has 2 heterocycles. The van der Waals surface area contributed by atoms with Gasteiger partial charge in [0, 0.05) is 30.4 Å². The van der Waals surface area contributed by atoms with E-state index in [1.54, 1.807) is 17.0 Å². The standard InChI is InChI=1S/C21H20FN3O2/c22-16-7-5-14(6-8-16)9-10-25-13-17(12-20(25)26)23-21(27)19-11-15-3-1-2-4-18(15)24-19/h1-8,11,17,24H,9-10,12-13H2,(H,23,27)/t17-/m1/s1. The average Bonchev–Trinajstić information content (AvgIpc) is 3.24. The van der Waals surface area contributed by atoms with Gasteiger partial charge in [-0.15, -0.1) is 0 Å². The minimum absolute atomic E-state index is 0.0269. The van der Waals surface area contributed by atoms with Gasteiger partial charge in [-0.25, -0.2) is 4.39 Å². The zero-order chi connectivity index (χ0) is 18.8. The summed E-state index contributed by atoms with van der Waals surface area (Å²) in [5.41, 5.74) is 2.38. The number of rotatable bonds is 5. The van der Waals surface area contributed by atoms with E-state index in [1.165, 1.54) is 12.1 Å². The first kappa shape index (κ1) is 17.3. The number of amides is 2. The van der Waals surface area contributed by atoms with Gasteiger partial charge in [-0.2, -0.15) is 0 Å². The number of aromatic nitrogens is 1. The van der Waals surface area contributed by atoms with Crippen molar-refractivity contribution >= 4 is 22.7 Å². The molecule has 1 aromatic heterocycles. The summed E-state index contributed by atoms with van der Waals surface area (Å²) in [4.78, 5) is 29.6. The van der Waals surface area contributed by atoms with Crippen LogP contribution in [-0.2, 0) is 11.2 Å². The third-order valence-electron chi connectivity index (χ3n) is 4.91.